The number of aromatic nitrogens is 1. The highest BCUT2D eigenvalue weighted by Gasteiger charge is 2.45. The molecule has 1 saturated carbocycles. The first kappa shape index (κ1) is 16.2. The number of nitrogens with one attached hydrogen (secondary N) is 2. The van der Waals surface area contributed by atoms with Gasteiger partial charge in [0.15, 0.2) is 6.04 Å². The fourth-order valence-corrected chi connectivity index (χ4v) is 2.96. The van der Waals surface area contributed by atoms with Gasteiger partial charge in [0, 0.05) is 12.7 Å². The number of pyridine rings is 1. The van der Waals surface area contributed by atoms with Crippen LogP contribution in [0.25, 0.3) is 0 Å². The Labute approximate surface area is 141 Å². The number of hydrogen-bond donors (Lipinski definition) is 2. The molecule has 0 unspecified atom stereocenters. The lowest BCUT2D eigenvalue weighted by Crippen LogP contribution is -2.51. The highest BCUT2D eigenvalue weighted by Crippen LogP contribution is 2.35. The summed E-state index contributed by atoms with van der Waals surface area (Å²) in [4.78, 5) is 18.6. The van der Waals surface area contributed by atoms with E-state index >= 15 is 0 Å². The predicted octanol–water partition coefficient (Wildman–Crippen LogP) is 1.00. The molecule has 7 nitrogen and oxygen atoms in total. The number of likely N-dealkylation sites (tertiary alicyclic amines) is 1. The van der Waals surface area contributed by atoms with Gasteiger partial charge in [-0.15, -0.1) is 0 Å². The molecule has 1 amide bonds. The van der Waals surface area contributed by atoms with Crippen LogP contribution in [0.4, 0.5) is 5.82 Å². The van der Waals surface area contributed by atoms with Gasteiger partial charge in [0.25, 0.3) is 5.91 Å². The van der Waals surface area contributed by atoms with Gasteiger partial charge in [-0.25, -0.2) is 4.98 Å². The Morgan fingerprint density at radius 3 is 2.62 bits per heavy atom. The lowest BCUT2D eigenvalue weighted by molar-refractivity contribution is -0.125. The lowest BCUT2D eigenvalue weighted by atomic mass is 10.2. The lowest BCUT2D eigenvalue weighted by Gasteiger charge is -2.24. The standard InChI is InChI=1S/C17H20N6O/c18-9-13-3-4-15(20-11-13)21-12-17(5-6-17)22-16(24)14(10-19)23-7-1-2-8-23/h3-4,11,14H,1-2,5-8,12H2,(H,20,21)(H,22,24)/t14-/m0/s1. The Balaban J connectivity index is 1.55. The first-order valence-corrected chi connectivity index (χ1v) is 8.21. The van der Waals surface area contributed by atoms with Crippen molar-refractivity contribution in [3.63, 3.8) is 0 Å². The first-order chi connectivity index (χ1) is 11.7. The SMILES string of the molecule is N#Cc1ccc(NCC2(NC(=O)[C@H](C#N)N3CCCC3)CC2)nc1. The van der Waals surface area contributed by atoms with Crippen molar-refractivity contribution in [2.24, 2.45) is 0 Å². The Hall–Kier alpha value is -2.64. The van der Waals surface area contributed by atoms with E-state index in [0.29, 0.717) is 17.9 Å². The van der Waals surface area contributed by atoms with E-state index in [1.807, 2.05) is 11.0 Å². The molecule has 7 heteroatoms. The molecular weight excluding hydrogens is 304 g/mol. The van der Waals surface area contributed by atoms with Crippen LogP contribution in [0.15, 0.2) is 18.3 Å². The first-order valence-electron chi connectivity index (χ1n) is 8.21. The van der Waals surface area contributed by atoms with Gasteiger partial charge in [-0.3, -0.25) is 9.69 Å². The van der Waals surface area contributed by atoms with Crippen LogP contribution in [0.1, 0.15) is 31.2 Å². The third-order valence-electron chi connectivity index (χ3n) is 4.62. The molecule has 1 aromatic rings. The molecule has 1 aromatic heterocycles. The largest absolute Gasteiger partial charge is 0.368 e. The third kappa shape index (κ3) is 3.64. The molecule has 0 radical (unpaired) electrons. The van der Waals surface area contributed by atoms with E-state index in [1.165, 1.54) is 6.20 Å². The second-order valence-corrected chi connectivity index (χ2v) is 6.44. The van der Waals surface area contributed by atoms with Gasteiger partial charge in [0.05, 0.1) is 17.2 Å². The minimum atomic E-state index is -0.696. The number of hydrogen-bond acceptors (Lipinski definition) is 6. The number of anilines is 1. The average Bonchev–Trinajstić information content (AvgIpc) is 3.15. The van der Waals surface area contributed by atoms with E-state index in [2.05, 4.69) is 21.7 Å². The fraction of sp³-hybridized carbons (Fsp3) is 0.529. The van der Waals surface area contributed by atoms with Crippen molar-refractivity contribution in [1.29, 1.82) is 10.5 Å². The van der Waals surface area contributed by atoms with Crippen molar-refractivity contribution in [2.75, 3.05) is 25.0 Å². The number of amides is 1. The van der Waals surface area contributed by atoms with E-state index < -0.39 is 6.04 Å². The highest BCUT2D eigenvalue weighted by molar-refractivity contribution is 5.85. The molecule has 124 valence electrons. The number of carbonyl (C=O) groups excluding carboxylic acids is 1. The molecule has 1 saturated heterocycles. The Kier molecular flexibility index (Phi) is 4.64. The van der Waals surface area contributed by atoms with Crippen LogP contribution in [-0.2, 0) is 4.79 Å². The summed E-state index contributed by atoms with van der Waals surface area (Å²) in [5.41, 5.74) is 0.221. The van der Waals surface area contributed by atoms with E-state index in [1.54, 1.807) is 12.1 Å². The number of rotatable bonds is 6. The number of carbonyl (C=O) groups is 1. The van der Waals surface area contributed by atoms with Gasteiger partial charge in [-0.2, -0.15) is 10.5 Å². The molecule has 2 heterocycles. The number of nitriles is 2. The predicted molar refractivity (Wildman–Crippen MR) is 87.8 cm³/mol. The van der Waals surface area contributed by atoms with Crippen molar-refractivity contribution in [3.8, 4) is 12.1 Å². The number of nitrogens with zero attached hydrogens (tertiary/aromatic N) is 4. The maximum Gasteiger partial charge on any atom is 0.252 e. The summed E-state index contributed by atoms with van der Waals surface area (Å²) >= 11 is 0. The molecule has 0 spiro atoms. The van der Waals surface area contributed by atoms with Gasteiger partial charge < -0.3 is 10.6 Å². The second kappa shape index (κ2) is 6.86. The minimum Gasteiger partial charge on any atom is -0.368 e. The molecule has 1 aliphatic carbocycles. The summed E-state index contributed by atoms with van der Waals surface area (Å²) in [6, 6.07) is 6.91. The van der Waals surface area contributed by atoms with E-state index in [0.717, 1.165) is 38.8 Å². The molecule has 0 aromatic carbocycles. The van der Waals surface area contributed by atoms with Crippen LogP contribution in [0, 0.1) is 22.7 Å². The van der Waals surface area contributed by atoms with Crippen LogP contribution >= 0.6 is 0 Å². The van der Waals surface area contributed by atoms with E-state index in [4.69, 9.17) is 5.26 Å². The molecule has 2 fully saturated rings. The third-order valence-corrected chi connectivity index (χ3v) is 4.62. The fourth-order valence-electron chi connectivity index (χ4n) is 2.96. The van der Waals surface area contributed by atoms with Crippen molar-refractivity contribution in [3.05, 3.63) is 23.9 Å². The molecule has 2 N–H and O–H groups in total. The van der Waals surface area contributed by atoms with Crippen LogP contribution in [0.2, 0.25) is 0 Å². The van der Waals surface area contributed by atoms with Gasteiger partial charge >= 0.3 is 0 Å². The van der Waals surface area contributed by atoms with Gasteiger partial charge in [-0.1, -0.05) is 0 Å². The minimum absolute atomic E-state index is 0.202. The summed E-state index contributed by atoms with van der Waals surface area (Å²) < 4.78 is 0. The molecular formula is C17H20N6O. The summed E-state index contributed by atoms with van der Waals surface area (Å²) in [6.07, 6.45) is 5.38. The molecule has 24 heavy (non-hydrogen) atoms. The van der Waals surface area contributed by atoms with Crippen molar-refractivity contribution in [2.45, 2.75) is 37.3 Å². The molecule has 0 bridgehead atoms. The van der Waals surface area contributed by atoms with Crippen molar-refractivity contribution >= 4 is 11.7 Å². The second-order valence-electron chi connectivity index (χ2n) is 6.44. The Bertz CT molecular complexity index is 677. The molecule has 3 rings (SSSR count). The smallest absolute Gasteiger partial charge is 0.252 e. The van der Waals surface area contributed by atoms with Gasteiger partial charge in [-0.05, 0) is 50.9 Å². The summed E-state index contributed by atoms with van der Waals surface area (Å²) in [5.74, 6) is 0.470. The molecule has 1 atom stereocenters. The van der Waals surface area contributed by atoms with Crippen LogP contribution in [0.3, 0.4) is 0 Å². The quantitative estimate of drug-likeness (QED) is 0.809. The molecule has 2 aliphatic rings. The van der Waals surface area contributed by atoms with Crippen LogP contribution in [0.5, 0.6) is 0 Å². The summed E-state index contributed by atoms with van der Waals surface area (Å²) in [5, 5.41) is 24.3. The maximum absolute atomic E-state index is 12.5. The van der Waals surface area contributed by atoms with Crippen molar-refractivity contribution < 1.29 is 4.79 Å². The highest BCUT2D eigenvalue weighted by atomic mass is 16.2. The monoisotopic (exact) mass is 324 g/mol. The normalized spacial score (nSPS) is 19.8. The van der Waals surface area contributed by atoms with E-state index in [9.17, 15) is 10.1 Å². The van der Waals surface area contributed by atoms with Crippen LogP contribution < -0.4 is 10.6 Å². The Morgan fingerprint density at radius 1 is 1.33 bits per heavy atom. The average molecular weight is 324 g/mol. The summed E-state index contributed by atoms with van der Waals surface area (Å²) in [6.45, 7) is 2.19. The van der Waals surface area contributed by atoms with Gasteiger partial charge in [0.2, 0.25) is 0 Å². The Morgan fingerprint density at radius 2 is 2.08 bits per heavy atom. The maximum atomic E-state index is 12.5. The van der Waals surface area contributed by atoms with Crippen LogP contribution in [-0.4, -0.2) is 47.0 Å². The molecule has 1 aliphatic heterocycles. The van der Waals surface area contributed by atoms with Crippen molar-refractivity contribution in [1.82, 2.24) is 15.2 Å². The zero-order valence-electron chi connectivity index (χ0n) is 13.5. The topological polar surface area (TPSA) is 105 Å². The zero-order valence-corrected chi connectivity index (χ0v) is 13.5. The van der Waals surface area contributed by atoms with E-state index in [-0.39, 0.29) is 11.4 Å². The summed E-state index contributed by atoms with van der Waals surface area (Å²) in [7, 11) is 0. The van der Waals surface area contributed by atoms with Gasteiger partial charge in [0.1, 0.15) is 11.9 Å². The zero-order chi connectivity index (χ0) is 17.0.